The van der Waals surface area contributed by atoms with Crippen LogP contribution in [0.15, 0.2) is 17.1 Å². The third kappa shape index (κ3) is 2.01. The minimum atomic E-state index is -1.16. The highest BCUT2D eigenvalue weighted by atomic mass is 16.5. The van der Waals surface area contributed by atoms with Gasteiger partial charge in [0.25, 0.3) is 0 Å². The average molecular weight is 255 g/mol. The van der Waals surface area contributed by atoms with E-state index in [-0.39, 0.29) is 5.82 Å². The Morgan fingerprint density at radius 3 is 2.89 bits per heavy atom. The number of carbonyl (C=O) groups is 1. The van der Waals surface area contributed by atoms with E-state index < -0.39 is 36.7 Å². The first-order valence-corrected chi connectivity index (χ1v) is 5.33. The van der Waals surface area contributed by atoms with Crippen LogP contribution < -0.4 is 11.4 Å². The summed E-state index contributed by atoms with van der Waals surface area (Å²) in [5.41, 5.74) is 4.67. The summed E-state index contributed by atoms with van der Waals surface area (Å²) in [5, 5.41) is 18.8. The van der Waals surface area contributed by atoms with Crippen LogP contribution in [0, 0.1) is 5.92 Å². The van der Waals surface area contributed by atoms with Gasteiger partial charge in [0, 0.05) is 6.20 Å². The zero-order valence-electron chi connectivity index (χ0n) is 9.34. The number of aliphatic hydroxyl groups excluding tert-OH is 2. The van der Waals surface area contributed by atoms with E-state index in [2.05, 4.69) is 4.98 Å². The summed E-state index contributed by atoms with van der Waals surface area (Å²) in [7, 11) is 0. The van der Waals surface area contributed by atoms with Crippen LogP contribution in [0.1, 0.15) is 6.23 Å². The maximum Gasteiger partial charge on any atom is 0.351 e. The lowest BCUT2D eigenvalue weighted by Crippen LogP contribution is -2.33. The van der Waals surface area contributed by atoms with Gasteiger partial charge in [0.2, 0.25) is 0 Å². The number of ether oxygens (including phenoxy) is 1. The molecule has 0 saturated carbocycles. The Hall–Kier alpha value is -1.77. The third-order valence-corrected chi connectivity index (χ3v) is 2.88. The van der Waals surface area contributed by atoms with E-state index in [1.807, 2.05) is 0 Å². The van der Waals surface area contributed by atoms with E-state index in [1.165, 1.54) is 12.3 Å². The summed E-state index contributed by atoms with van der Waals surface area (Å²) in [6, 6.07) is 1.38. The summed E-state index contributed by atoms with van der Waals surface area (Å²) in [6.45, 7) is -0.445. The quantitative estimate of drug-likeness (QED) is 0.527. The van der Waals surface area contributed by atoms with Crippen molar-refractivity contribution in [3.63, 3.8) is 0 Å². The van der Waals surface area contributed by atoms with Crippen molar-refractivity contribution >= 4 is 12.1 Å². The van der Waals surface area contributed by atoms with Crippen LogP contribution in [0.4, 0.5) is 5.82 Å². The van der Waals surface area contributed by atoms with Gasteiger partial charge in [-0.25, -0.2) is 4.79 Å². The van der Waals surface area contributed by atoms with E-state index in [9.17, 15) is 14.7 Å². The van der Waals surface area contributed by atoms with Gasteiger partial charge in [0.05, 0.1) is 18.6 Å². The van der Waals surface area contributed by atoms with Gasteiger partial charge >= 0.3 is 5.69 Å². The molecular weight excluding hydrogens is 242 g/mol. The zero-order chi connectivity index (χ0) is 13.3. The van der Waals surface area contributed by atoms with Crippen LogP contribution in [-0.2, 0) is 9.53 Å². The van der Waals surface area contributed by atoms with Crippen molar-refractivity contribution in [2.75, 3.05) is 12.3 Å². The molecule has 2 rings (SSSR count). The number of nitrogen functional groups attached to an aromatic ring is 1. The van der Waals surface area contributed by atoms with Gasteiger partial charge < -0.3 is 25.5 Å². The number of carbonyl (C=O) groups excluding carboxylic acids is 1. The van der Waals surface area contributed by atoms with Gasteiger partial charge in [-0.3, -0.25) is 4.57 Å². The van der Waals surface area contributed by atoms with Crippen molar-refractivity contribution in [1.82, 2.24) is 9.55 Å². The number of rotatable bonds is 3. The molecule has 1 aliphatic rings. The largest absolute Gasteiger partial charge is 0.394 e. The Morgan fingerprint density at radius 1 is 1.61 bits per heavy atom. The van der Waals surface area contributed by atoms with Crippen molar-refractivity contribution in [3.05, 3.63) is 22.7 Å². The molecule has 1 aromatic rings. The molecule has 0 aromatic carbocycles. The topological polar surface area (TPSA) is 128 Å². The monoisotopic (exact) mass is 255 g/mol. The fourth-order valence-corrected chi connectivity index (χ4v) is 1.94. The lowest BCUT2D eigenvalue weighted by Gasteiger charge is -2.16. The van der Waals surface area contributed by atoms with Gasteiger partial charge in [-0.1, -0.05) is 0 Å². The maximum absolute atomic E-state index is 11.6. The second-order valence-electron chi connectivity index (χ2n) is 3.99. The highest BCUT2D eigenvalue weighted by Crippen LogP contribution is 2.32. The fourth-order valence-electron chi connectivity index (χ4n) is 1.94. The number of nitrogens with two attached hydrogens (primary N) is 1. The summed E-state index contributed by atoms with van der Waals surface area (Å²) >= 11 is 0. The van der Waals surface area contributed by atoms with Crippen molar-refractivity contribution < 1.29 is 19.7 Å². The highest BCUT2D eigenvalue weighted by molar-refractivity contribution is 5.56. The van der Waals surface area contributed by atoms with Crippen LogP contribution in [0.5, 0.6) is 0 Å². The fraction of sp³-hybridized carbons (Fsp3) is 0.500. The molecule has 2 heterocycles. The molecule has 18 heavy (non-hydrogen) atoms. The van der Waals surface area contributed by atoms with Crippen LogP contribution in [0.2, 0.25) is 0 Å². The number of aliphatic hydroxyl groups is 2. The summed E-state index contributed by atoms with van der Waals surface area (Å²) in [5.74, 6) is -0.888. The number of nitrogens with zero attached hydrogens (tertiary/aromatic N) is 2. The lowest BCUT2D eigenvalue weighted by atomic mass is 10.0. The van der Waals surface area contributed by atoms with Crippen molar-refractivity contribution in [1.29, 1.82) is 0 Å². The summed E-state index contributed by atoms with van der Waals surface area (Å²) in [6.07, 6.45) is -1.24. The number of anilines is 1. The molecule has 1 aromatic heterocycles. The average Bonchev–Trinajstić information content (AvgIpc) is 2.65. The Bertz CT molecular complexity index is 503. The van der Waals surface area contributed by atoms with Crippen LogP contribution in [0.3, 0.4) is 0 Å². The summed E-state index contributed by atoms with van der Waals surface area (Å²) in [4.78, 5) is 26.1. The second kappa shape index (κ2) is 4.84. The molecule has 8 heteroatoms. The minimum Gasteiger partial charge on any atom is -0.394 e. The summed E-state index contributed by atoms with van der Waals surface area (Å²) < 4.78 is 6.35. The van der Waals surface area contributed by atoms with Gasteiger partial charge in [-0.15, -0.1) is 0 Å². The SMILES string of the molecule is Nc1ccn([C@@H]2O[C@H](CO)[C@H](O)[C@@H]2C=O)c(=O)n1. The Morgan fingerprint density at radius 2 is 2.33 bits per heavy atom. The van der Waals surface area contributed by atoms with E-state index >= 15 is 0 Å². The number of hydrogen-bond donors (Lipinski definition) is 3. The van der Waals surface area contributed by atoms with E-state index in [0.717, 1.165) is 4.57 Å². The van der Waals surface area contributed by atoms with Crippen molar-refractivity contribution in [3.8, 4) is 0 Å². The molecule has 0 spiro atoms. The third-order valence-electron chi connectivity index (χ3n) is 2.88. The molecule has 1 saturated heterocycles. The van der Waals surface area contributed by atoms with E-state index in [0.29, 0.717) is 6.29 Å². The zero-order valence-corrected chi connectivity index (χ0v) is 9.34. The molecule has 0 bridgehead atoms. The van der Waals surface area contributed by atoms with Gasteiger partial charge in [-0.05, 0) is 6.07 Å². The molecule has 4 N–H and O–H groups in total. The van der Waals surface area contributed by atoms with E-state index in [1.54, 1.807) is 0 Å². The number of aromatic nitrogens is 2. The molecule has 0 radical (unpaired) electrons. The van der Waals surface area contributed by atoms with Gasteiger partial charge in [0.1, 0.15) is 18.2 Å². The standard InChI is InChI=1S/C10H13N3O5/c11-7-1-2-13(10(17)12-7)9-5(3-14)8(16)6(4-15)18-9/h1-3,5-6,8-9,15-16H,4H2,(H2,11,12,17)/t5-,6+,8+,9+/m0/s1. The number of aldehydes is 1. The van der Waals surface area contributed by atoms with Gasteiger partial charge in [0.15, 0.2) is 6.23 Å². The molecule has 4 atom stereocenters. The molecule has 0 unspecified atom stereocenters. The second-order valence-corrected chi connectivity index (χ2v) is 3.99. The van der Waals surface area contributed by atoms with E-state index in [4.69, 9.17) is 15.6 Å². The molecule has 8 nitrogen and oxygen atoms in total. The van der Waals surface area contributed by atoms with Crippen molar-refractivity contribution in [2.45, 2.75) is 18.4 Å². The molecule has 1 fully saturated rings. The predicted molar refractivity (Wildman–Crippen MR) is 59.5 cm³/mol. The van der Waals surface area contributed by atoms with Crippen LogP contribution in [-0.4, -0.2) is 44.9 Å². The molecule has 0 amide bonds. The molecule has 98 valence electrons. The predicted octanol–water partition coefficient (Wildman–Crippen LogP) is -2.11. The molecule has 0 aliphatic carbocycles. The Balaban J connectivity index is 2.38. The molecular formula is C10H13N3O5. The smallest absolute Gasteiger partial charge is 0.351 e. The Labute approximate surface area is 102 Å². The van der Waals surface area contributed by atoms with Gasteiger partial charge in [-0.2, -0.15) is 4.98 Å². The lowest BCUT2D eigenvalue weighted by molar-refractivity contribution is -0.116. The molecule has 1 aliphatic heterocycles. The van der Waals surface area contributed by atoms with Crippen molar-refractivity contribution in [2.24, 2.45) is 5.92 Å². The maximum atomic E-state index is 11.6. The number of hydrogen-bond acceptors (Lipinski definition) is 7. The van der Waals surface area contributed by atoms with Crippen LogP contribution in [0.25, 0.3) is 0 Å². The highest BCUT2D eigenvalue weighted by Gasteiger charge is 2.44. The normalized spacial score (nSPS) is 31.4. The first-order valence-electron chi connectivity index (χ1n) is 5.33. The Kier molecular flexibility index (Phi) is 3.41. The first kappa shape index (κ1) is 12.7. The minimum absolute atomic E-state index is 0.0520. The van der Waals surface area contributed by atoms with Crippen LogP contribution >= 0.6 is 0 Å². The first-order chi connectivity index (χ1) is 8.58.